The zero-order valence-corrected chi connectivity index (χ0v) is 15.6. The third kappa shape index (κ3) is 3.61. The van der Waals surface area contributed by atoms with Crippen molar-refractivity contribution in [1.29, 1.82) is 0 Å². The first-order chi connectivity index (χ1) is 11.2. The molecule has 0 radical (unpaired) electrons. The molecule has 1 heterocycles. The van der Waals surface area contributed by atoms with E-state index in [4.69, 9.17) is 11.6 Å². The maximum atomic E-state index is 12.5. The molecule has 0 fully saturated rings. The van der Waals surface area contributed by atoms with Gasteiger partial charge >= 0.3 is 5.97 Å². The van der Waals surface area contributed by atoms with E-state index in [9.17, 15) is 14.7 Å². The largest absolute Gasteiger partial charge is 0.476 e. The van der Waals surface area contributed by atoms with E-state index in [0.29, 0.717) is 5.02 Å². The smallest absolute Gasteiger partial charge is 0.357 e. The van der Waals surface area contributed by atoms with E-state index < -0.39 is 11.9 Å². The van der Waals surface area contributed by atoms with Gasteiger partial charge in [-0.15, -0.1) is 0 Å². The van der Waals surface area contributed by atoms with Crippen LogP contribution in [-0.4, -0.2) is 45.8 Å². The van der Waals surface area contributed by atoms with Crippen LogP contribution in [0.1, 0.15) is 33.9 Å². The van der Waals surface area contributed by atoms with Gasteiger partial charge in [0.05, 0.1) is 15.1 Å². The number of carboxylic acid groups (broad SMARTS) is 1. The van der Waals surface area contributed by atoms with Gasteiger partial charge in [-0.1, -0.05) is 23.7 Å². The standard InChI is InChI=1S/C15H16BrClN4O3/c1-8(20(2)3)21-13(11(16)12(19-21)15(23)24)18-14(22)9-6-4-5-7-10(9)17/h4-8H,1-3H3,(H,18,22)(H,23,24). The molecule has 1 unspecified atom stereocenters. The van der Waals surface area contributed by atoms with E-state index >= 15 is 0 Å². The number of hydrogen-bond donors (Lipinski definition) is 2. The molecule has 0 saturated carbocycles. The Kier molecular flexibility index (Phi) is 5.63. The summed E-state index contributed by atoms with van der Waals surface area (Å²) in [6.07, 6.45) is -0.282. The number of nitrogens with zero attached hydrogens (tertiary/aromatic N) is 3. The van der Waals surface area contributed by atoms with Gasteiger partial charge in [0.25, 0.3) is 5.91 Å². The SMILES string of the molecule is CC(N(C)C)n1nc(C(=O)O)c(Br)c1NC(=O)c1ccccc1Cl. The van der Waals surface area contributed by atoms with E-state index in [-0.39, 0.29) is 27.7 Å². The van der Waals surface area contributed by atoms with Crippen molar-refractivity contribution in [3.05, 3.63) is 45.0 Å². The molecule has 1 aromatic carbocycles. The first-order valence-corrected chi connectivity index (χ1v) is 8.14. The summed E-state index contributed by atoms with van der Waals surface area (Å²) in [5.41, 5.74) is 0.103. The van der Waals surface area contributed by atoms with Crippen LogP contribution in [0.5, 0.6) is 0 Å². The highest BCUT2D eigenvalue weighted by Crippen LogP contribution is 2.30. The molecule has 0 saturated heterocycles. The van der Waals surface area contributed by atoms with Crippen LogP contribution in [-0.2, 0) is 0 Å². The molecule has 0 spiro atoms. The Balaban J connectivity index is 2.47. The molecule has 24 heavy (non-hydrogen) atoms. The van der Waals surface area contributed by atoms with Crippen LogP contribution in [0.25, 0.3) is 0 Å². The minimum absolute atomic E-state index is 0.182. The first-order valence-electron chi connectivity index (χ1n) is 6.97. The highest BCUT2D eigenvalue weighted by Gasteiger charge is 2.26. The summed E-state index contributed by atoms with van der Waals surface area (Å²) in [5, 5.41) is 16.3. The molecule has 1 amide bonds. The molecule has 1 aromatic heterocycles. The van der Waals surface area contributed by atoms with Gasteiger partial charge in [-0.05, 0) is 49.1 Å². The van der Waals surface area contributed by atoms with Crippen molar-refractivity contribution in [3.63, 3.8) is 0 Å². The average Bonchev–Trinajstić information content (AvgIpc) is 2.84. The third-order valence-corrected chi connectivity index (χ3v) is 4.59. The summed E-state index contributed by atoms with van der Waals surface area (Å²) >= 11 is 9.25. The van der Waals surface area contributed by atoms with Crippen molar-refractivity contribution >= 4 is 45.2 Å². The van der Waals surface area contributed by atoms with Crippen LogP contribution in [0, 0.1) is 0 Å². The number of carboxylic acids is 1. The summed E-state index contributed by atoms with van der Waals surface area (Å²) in [7, 11) is 3.64. The van der Waals surface area contributed by atoms with Crippen LogP contribution in [0.15, 0.2) is 28.7 Å². The van der Waals surface area contributed by atoms with Gasteiger partial charge < -0.3 is 10.4 Å². The predicted octanol–water partition coefficient (Wildman–Crippen LogP) is 3.33. The summed E-state index contributed by atoms with van der Waals surface area (Å²) in [5.74, 6) is -1.40. The first kappa shape index (κ1) is 18.4. The second-order valence-electron chi connectivity index (χ2n) is 5.29. The molecule has 0 aliphatic carbocycles. The zero-order chi connectivity index (χ0) is 18.0. The highest BCUT2D eigenvalue weighted by atomic mass is 79.9. The van der Waals surface area contributed by atoms with Crippen LogP contribution < -0.4 is 5.32 Å². The van der Waals surface area contributed by atoms with Gasteiger partial charge in [0, 0.05) is 0 Å². The number of aromatic nitrogens is 2. The van der Waals surface area contributed by atoms with Crippen LogP contribution >= 0.6 is 27.5 Å². The van der Waals surface area contributed by atoms with Crippen molar-refractivity contribution in [2.24, 2.45) is 0 Å². The lowest BCUT2D eigenvalue weighted by atomic mass is 10.2. The Bertz CT molecular complexity index is 791. The van der Waals surface area contributed by atoms with Crippen molar-refractivity contribution < 1.29 is 14.7 Å². The van der Waals surface area contributed by atoms with E-state index in [2.05, 4.69) is 26.3 Å². The Labute approximate surface area is 152 Å². The molecule has 7 nitrogen and oxygen atoms in total. The number of nitrogens with one attached hydrogen (secondary N) is 1. The number of carbonyl (C=O) groups is 2. The minimum atomic E-state index is -1.19. The van der Waals surface area contributed by atoms with Crippen molar-refractivity contribution in [2.75, 3.05) is 19.4 Å². The lowest BCUT2D eigenvalue weighted by Gasteiger charge is -2.22. The van der Waals surface area contributed by atoms with E-state index in [1.165, 1.54) is 4.68 Å². The monoisotopic (exact) mass is 414 g/mol. The van der Waals surface area contributed by atoms with Crippen molar-refractivity contribution in [2.45, 2.75) is 13.1 Å². The number of benzene rings is 1. The Morgan fingerprint density at radius 1 is 1.38 bits per heavy atom. The summed E-state index contributed by atoms with van der Waals surface area (Å²) in [6, 6.07) is 6.60. The van der Waals surface area contributed by atoms with Crippen LogP contribution in [0.2, 0.25) is 5.02 Å². The molecule has 1 atom stereocenters. The Morgan fingerprint density at radius 3 is 2.54 bits per heavy atom. The molecule has 0 aliphatic heterocycles. The molecule has 2 aromatic rings. The molecule has 9 heteroatoms. The topological polar surface area (TPSA) is 87.5 Å². The Hall–Kier alpha value is -1.90. The van der Waals surface area contributed by atoms with Crippen LogP contribution in [0.4, 0.5) is 5.82 Å². The summed E-state index contributed by atoms with van der Waals surface area (Å²) in [6.45, 7) is 1.83. The zero-order valence-electron chi connectivity index (χ0n) is 13.2. The average molecular weight is 416 g/mol. The minimum Gasteiger partial charge on any atom is -0.476 e. The molecule has 2 N–H and O–H groups in total. The number of aromatic carboxylic acids is 1. The molecule has 128 valence electrons. The quantitative estimate of drug-likeness (QED) is 0.782. The van der Waals surface area contributed by atoms with Gasteiger partial charge in [-0.3, -0.25) is 9.69 Å². The number of carbonyl (C=O) groups excluding carboxylic acids is 1. The summed E-state index contributed by atoms with van der Waals surface area (Å²) in [4.78, 5) is 25.7. The fourth-order valence-electron chi connectivity index (χ4n) is 1.97. The van der Waals surface area contributed by atoms with Gasteiger partial charge in [0.2, 0.25) is 0 Å². The number of rotatable bonds is 5. The highest BCUT2D eigenvalue weighted by molar-refractivity contribution is 9.10. The molecule has 0 aliphatic rings. The van der Waals surface area contributed by atoms with Crippen molar-refractivity contribution in [1.82, 2.24) is 14.7 Å². The molecule has 0 bridgehead atoms. The fraction of sp³-hybridized carbons (Fsp3) is 0.267. The number of anilines is 1. The van der Waals surface area contributed by atoms with E-state index in [0.717, 1.165) is 0 Å². The lowest BCUT2D eigenvalue weighted by Crippen LogP contribution is -2.26. The van der Waals surface area contributed by atoms with Gasteiger partial charge in [-0.25, -0.2) is 9.48 Å². The molecular weight excluding hydrogens is 400 g/mol. The van der Waals surface area contributed by atoms with Gasteiger partial charge in [0.1, 0.15) is 12.0 Å². The molecule has 2 rings (SSSR count). The fourth-order valence-corrected chi connectivity index (χ4v) is 2.72. The lowest BCUT2D eigenvalue weighted by molar-refractivity contribution is 0.0686. The normalized spacial score (nSPS) is 12.2. The Morgan fingerprint density at radius 2 is 2.00 bits per heavy atom. The number of amides is 1. The van der Waals surface area contributed by atoms with Crippen molar-refractivity contribution in [3.8, 4) is 0 Å². The number of halogens is 2. The maximum Gasteiger partial charge on any atom is 0.357 e. The second-order valence-corrected chi connectivity index (χ2v) is 6.49. The maximum absolute atomic E-state index is 12.5. The second kappa shape index (κ2) is 7.33. The van der Waals surface area contributed by atoms with Gasteiger partial charge in [-0.2, -0.15) is 5.10 Å². The van der Waals surface area contributed by atoms with E-state index in [1.54, 1.807) is 24.3 Å². The van der Waals surface area contributed by atoms with E-state index in [1.807, 2.05) is 25.9 Å². The third-order valence-electron chi connectivity index (χ3n) is 3.51. The predicted molar refractivity (Wildman–Crippen MR) is 94.7 cm³/mol. The number of hydrogen-bond acceptors (Lipinski definition) is 4. The van der Waals surface area contributed by atoms with Crippen LogP contribution in [0.3, 0.4) is 0 Å². The van der Waals surface area contributed by atoms with Gasteiger partial charge in [0.15, 0.2) is 5.69 Å². The molecular formula is C15H16BrClN4O3. The summed E-state index contributed by atoms with van der Waals surface area (Å²) < 4.78 is 1.63.